The molecular weight excluding hydrogens is 344 g/mol. The minimum atomic E-state index is -3.82. The number of sulfonamides is 1. The molecule has 25 heavy (non-hydrogen) atoms. The average molecular weight is 368 g/mol. The summed E-state index contributed by atoms with van der Waals surface area (Å²) in [6, 6.07) is 5.45. The highest BCUT2D eigenvalue weighted by molar-refractivity contribution is 7.89. The number of piperidine rings is 1. The van der Waals surface area contributed by atoms with E-state index in [-0.39, 0.29) is 28.7 Å². The van der Waals surface area contributed by atoms with Gasteiger partial charge in [0.1, 0.15) is 0 Å². The van der Waals surface area contributed by atoms with Gasteiger partial charge in [0, 0.05) is 18.7 Å². The zero-order valence-electron chi connectivity index (χ0n) is 14.4. The van der Waals surface area contributed by atoms with Crippen LogP contribution in [0.1, 0.15) is 19.8 Å². The summed E-state index contributed by atoms with van der Waals surface area (Å²) in [6.07, 6.45) is 1.41. The molecule has 0 radical (unpaired) electrons. The van der Waals surface area contributed by atoms with E-state index in [1.54, 1.807) is 20.0 Å². The molecule has 9 heteroatoms. The summed E-state index contributed by atoms with van der Waals surface area (Å²) in [5, 5.41) is 10.5. The number of carbonyl (C=O) groups excluding carboxylic acids is 2. The van der Waals surface area contributed by atoms with Crippen molar-refractivity contribution in [3.63, 3.8) is 0 Å². The van der Waals surface area contributed by atoms with E-state index < -0.39 is 10.0 Å². The molecule has 2 amide bonds. The van der Waals surface area contributed by atoms with E-state index in [4.69, 9.17) is 5.14 Å². The second kappa shape index (κ2) is 7.94. The number of hydrogen-bond acceptors (Lipinski definition) is 5. The van der Waals surface area contributed by atoms with Gasteiger partial charge in [0.25, 0.3) is 0 Å². The lowest BCUT2D eigenvalue weighted by atomic mass is 9.95. The summed E-state index contributed by atoms with van der Waals surface area (Å²) in [6.45, 7) is 3.10. The molecule has 1 saturated heterocycles. The largest absolute Gasteiger partial charge is 0.359 e. The first-order valence-electron chi connectivity index (χ1n) is 8.11. The van der Waals surface area contributed by atoms with Gasteiger partial charge in [0.15, 0.2) is 0 Å². The highest BCUT2D eigenvalue weighted by Gasteiger charge is 2.29. The van der Waals surface area contributed by atoms with Crippen LogP contribution in [0.2, 0.25) is 0 Å². The smallest absolute Gasteiger partial charge is 0.241 e. The van der Waals surface area contributed by atoms with Gasteiger partial charge in [-0.3, -0.25) is 14.5 Å². The van der Waals surface area contributed by atoms with Crippen molar-refractivity contribution in [1.82, 2.24) is 10.2 Å². The molecule has 0 saturated carbocycles. The summed E-state index contributed by atoms with van der Waals surface area (Å²) < 4.78 is 22.8. The van der Waals surface area contributed by atoms with Gasteiger partial charge >= 0.3 is 0 Å². The Hall–Kier alpha value is -1.97. The Kier molecular flexibility index (Phi) is 6.15. The minimum absolute atomic E-state index is 0.0112. The van der Waals surface area contributed by atoms with Crippen LogP contribution in [0.5, 0.6) is 0 Å². The Balaban J connectivity index is 1.96. The maximum atomic E-state index is 12.4. The van der Waals surface area contributed by atoms with E-state index in [0.29, 0.717) is 31.6 Å². The van der Waals surface area contributed by atoms with E-state index in [1.165, 1.54) is 18.2 Å². The highest BCUT2D eigenvalue weighted by atomic mass is 32.2. The van der Waals surface area contributed by atoms with Gasteiger partial charge in [-0.2, -0.15) is 0 Å². The number of nitrogens with two attached hydrogens (primary N) is 1. The minimum Gasteiger partial charge on any atom is -0.359 e. The molecule has 138 valence electrons. The molecule has 2 rings (SSSR count). The van der Waals surface area contributed by atoms with E-state index in [1.807, 2.05) is 4.90 Å². The van der Waals surface area contributed by atoms with Gasteiger partial charge in [-0.1, -0.05) is 6.07 Å². The predicted molar refractivity (Wildman–Crippen MR) is 94.3 cm³/mol. The van der Waals surface area contributed by atoms with Gasteiger partial charge in [-0.05, 0) is 51.1 Å². The van der Waals surface area contributed by atoms with Crippen LogP contribution in [-0.4, -0.2) is 51.3 Å². The molecule has 1 aliphatic heterocycles. The fourth-order valence-corrected chi connectivity index (χ4v) is 3.48. The lowest BCUT2D eigenvalue weighted by molar-refractivity contribution is -0.126. The number of hydrogen-bond donors (Lipinski definition) is 3. The van der Waals surface area contributed by atoms with Crippen molar-refractivity contribution in [3.05, 3.63) is 24.3 Å². The van der Waals surface area contributed by atoms with Crippen molar-refractivity contribution >= 4 is 27.5 Å². The molecule has 0 spiro atoms. The number of nitrogens with one attached hydrogen (secondary N) is 2. The number of carbonyl (C=O) groups is 2. The zero-order valence-corrected chi connectivity index (χ0v) is 15.2. The molecule has 1 aliphatic rings. The van der Waals surface area contributed by atoms with Crippen molar-refractivity contribution < 1.29 is 18.0 Å². The van der Waals surface area contributed by atoms with Crippen molar-refractivity contribution in [2.24, 2.45) is 11.1 Å². The van der Waals surface area contributed by atoms with Crippen LogP contribution in [0.25, 0.3) is 0 Å². The Morgan fingerprint density at radius 2 is 1.92 bits per heavy atom. The maximum absolute atomic E-state index is 12.4. The quantitative estimate of drug-likeness (QED) is 0.681. The monoisotopic (exact) mass is 368 g/mol. The number of rotatable bonds is 5. The van der Waals surface area contributed by atoms with Crippen LogP contribution in [0.4, 0.5) is 5.69 Å². The Bertz CT molecular complexity index is 742. The van der Waals surface area contributed by atoms with Crippen LogP contribution in [0, 0.1) is 5.92 Å². The summed E-state index contributed by atoms with van der Waals surface area (Å²) in [5.41, 5.74) is 0.378. The molecule has 1 atom stereocenters. The summed E-state index contributed by atoms with van der Waals surface area (Å²) in [7, 11) is -2.19. The van der Waals surface area contributed by atoms with Crippen molar-refractivity contribution in [2.45, 2.75) is 30.7 Å². The zero-order chi connectivity index (χ0) is 18.6. The third-order valence-corrected chi connectivity index (χ3v) is 5.42. The molecule has 1 aromatic carbocycles. The number of benzene rings is 1. The Labute approximate surface area is 147 Å². The topological polar surface area (TPSA) is 122 Å². The van der Waals surface area contributed by atoms with Gasteiger partial charge in [0.2, 0.25) is 21.8 Å². The van der Waals surface area contributed by atoms with Crippen LogP contribution < -0.4 is 15.8 Å². The lowest BCUT2D eigenvalue weighted by Crippen LogP contribution is -2.47. The number of likely N-dealkylation sites (tertiary alicyclic amines) is 1. The highest BCUT2D eigenvalue weighted by Crippen LogP contribution is 2.20. The number of primary sulfonamides is 1. The van der Waals surface area contributed by atoms with Crippen LogP contribution >= 0.6 is 0 Å². The number of amides is 2. The molecule has 0 aliphatic carbocycles. The molecule has 4 N–H and O–H groups in total. The fourth-order valence-electron chi connectivity index (χ4n) is 2.92. The van der Waals surface area contributed by atoms with Crippen LogP contribution in [0.15, 0.2) is 29.2 Å². The van der Waals surface area contributed by atoms with Crippen molar-refractivity contribution in [2.75, 3.05) is 25.5 Å². The summed E-state index contributed by atoms with van der Waals surface area (Å²) in [4.78, 5) is 26.1. The molecule has 0 unspecified atom stereocenters. The molecule has 0 aromatic heterocycles. The summed E-state index contributed by atoms with van der Waals surface area (Å²) >= 11 is 0. The van der Waals surface area contributed by atoms with Gasteiger partial charge in [-0.25, -0.2) is 13.6 Å². The molecule has 0 bridgehead atoms. The fraction of sp³-hybridized carbons (Fsp3) is 0.500. The second-order valence-corrected chi connectivity index (χ2v) is 7.72. The van der Waals surface area contributed by atoms with Gasteiger partial charge < -0.3 is 10.6 Å². The third kappa shape index (κ3) is 5.00. The van der Waals surface area contributed by atoms with Gasteiger partial charge in [0.05, 0.1) is 10.9 Å². The van der Waals surface area contributed by atoms with Crippen LogP contribution in [0.3, 0.4) is 0 Å². The molecule has 1 heterocycles. The lowest BCUT2D eigenvalue weighted by Gasteiger charge is -2.34. The van der Waals surface area contributed by atoms with Crippen molar-refractivity contribution in [3.8, 4) is 0 Å². The number of anilines is 1. The Morgan fingerprint density at radius 1 is 1.28 bits per heavy atom. The first kappa shape index (κ1) is 19.4. The standard InChI is InChI=1S/C16H24N4O4S/c1-11(20-8-6-12(7-9-20)16(22)18-2)15(21)19-13-4-3-5-14(10-13)25(17,23)24/h3-5,10-12H,6-9H2,1-2H3,(H,18,22)(H,19,21)(H2,17,23,24)/t11-/m0/s1. The van der Waals surface area contributed by atoms with E-state index >= 15 is 0 Å². The molecule has 1 aromatic rings. The SMILES string of the molecule is CNC(=O)C1CCN([C@@H](C)C(=O)Nc2cccc(S(N)(=O)=O)c2)CC1. The van der Waals surface area contributed by atoms with Gasteiger partial charge in [-0.15, -0.1) is 0 Å². The third-order valence-electron chi connectivity index (χ3n) is 4.50. The molecule has 1 fully saturated rings. The average Bonchev–Trinajstić information content (AvgIpc) is 2.60. The van der Waals surface area contributed by atoms with Crippen molar-refractivity contribution in [1.29, 1.82) is 0 Å². The Morgan fingerprint density at radius 3 is 2.48 bits per heavy atom. The van der Waals surface area contributed by atoms with E-state index in [2.05, 4.69) is 10.6 Å². The number of nitrogens with zero attached hydrogens (tertiary/aromatic N) is 1. The second-order valence-electron chi connectivity index (χ2n) is 6.16. The normalized spacial score (nSPS) is 17.7. The molecular formula is C16H24N4O4S. The predicted octanol–water partition coefficient (Wildman–Crippen LogP) is 0.119. The first-order valence-corrected chi connectivity index (χ1v) is 9.66. The van der Waals surface area contributed by atoms with E-state index in [9.17, 15) is 18.0 Å². The molecule has 8 nitrogen and oxygen atoms in total. The van der Waals surface area contributed by atoms with E-state index in [0.717, 1.165) is 0 Å². The van der Waals surface area contributed by atoms with Crippen LogP contribution in [-0.2, 0) is 19.6 Å². The first-order chi connectivity index (χ1) is 11.7. The summed E-state index contributed by atoms with van der Waals surface area (Å²) in [5.74, 6) is -0.204. The maximum Gasteiger partial charge on any atom is 0.241 e.